The molecule has 2 aromatic carbocycles. The van der Waals surface area contributed by atoms with Crippen molar-refractivity contribution in [2.75, 3.05) is 24.9 Å². The minimum absolute atomic E-state index is 0.0430. The Labute approximate surface area is 241 Å². The highest BCUT2D eigenvalue weighted by molar-refractivity contribution is 7.92. The molecule has 0 atom stereocenters. The molecule has 0 saturated carbocycles. The lowest BCUT2D eigenvalue weighted by molar-refractivity contribution is -0.127. The third-order valence-corrected chi connectivity index (χ3v) is 8.49. The van der Waals surface area contributed by atoms with E-state index in [0.29, 0.717) is 48.6 Å². The number of ether oxygens (including phenoxy) is 1. The summed E-state index contributed by atoms with van der Waals surface area (Å²) in [4.78, 5) is 22.6. The molecule has 9 nitrogen and oxygen atoms in total. The Kier molecular flexibility index (Phi) is 8.19. The number of carbonyl (C=O) groups is 1. The number of methoxy groups -OCH3 is 1. The molecule has 0 spiro atoms. The highest BCUT2D eigenvalue weighted by Gasteiger charge is 2.23. The molecule has 1 fully saturated rings. The van der Waals surface area contributed by atoms with Gasteiger partial charge in [0.2, 0.25) is 11.8 Å². The molecule has 1 amide bonds. The Morgan fingerprint density at radius 1 is 1.07 bits per heavy atom. The van der Waals surface area contributed by atoms with Gasteiger partial charge in [-0.05, 0) is 72.9 Å². The van der Waals surface area contributed by atoms with Gasteiger partial charge in [0, 0.05) is 48.6 Å². The number of benzene rings is 2. The number of piperidine rings is 1. The van der Waals surface area contributed by atoms with Crippen molar-refractivity contribution < 1.29 is 31.8 Å². The molecular weight excluding hydrogens is 566 g/mol. The number of sulfonamides is 1. The number of aromatic nitrogens is 2. The van der Waals surface area contributed by atoms with Crippen LogP contribution in [0.4, 0.5) is 14.5 Å². The molecule has 218 valence electrons. The van der Waals surface area contributed by atoms with Gasteiger partial charge in [-0.3, -0.25) is 14.5 Å². The highest BCUT2D eigenvalue weighted by atomic mass is 32.2. The number of allylic oxidation sites excluding steroid dienone is 1. The third kappa shape index (κ3) is 6.09. The highest BCUT2D eigenvalue weighted by Crippen LogP contribution is 2.33. The number of amides is 1. The van der Waals surface area contributed by atoms with Gasteiger partial charge in [0.15, 0.2) is 0 Å². The predicted molar refractivity (Wildman–Crippen MR) is 154 cm³/mol. The fraction of sp³-hybridized carbons (Fsp3) is 0.233. The van der Waals surface area contributed by atoms with E-state index in [0.717, 1.165) is 28.7 Å². The van der Waals surface area contributed by atoms with Crippen LogP contribution in [0.1, 0.15) is 25.3 Å². The van der Waals surface area contributed by atoms with Gasteiger partial charge < -0.3 is 14.7 Å². The second-order valence-corrected chi connectivity index (χ2v) is 11.6. The lowest BCUT2D eigenvalue weighted by atomic mass is 9.98. The Morgan fingerprint density at radius 3 is 2.55 bits per heavy atom. The van der Waals surface area contributed by atoms with Crippen molar-refractivity contribution in [2.45, 2.75) is 30.8 Å². The molecule has 0 unspecified atom stereocenters. The number of rotatable bonds is 7. The Bertz CT molecular complexity index is 1810. The smallest absolute Gasteiger partial charge is 0.264 e. The van der Waals surface area contributed by atoms with Gasteiger partial charge in [0.25, 0.3) is 10.0 Å². The summed E-state index contributed by atoms with van der Waals surface area (Å²) in [5, 5.41) is 10.5. The van der Waals surface area contributed by atoms with Crippen molar-refractivity contribution in [3.63, 3.8) is 0 Å². The van der Waals surface area contributed by atoms with Gasteiger partial charge in [-0.25, -0.2) is 22.2 Å². The molecule has 2 aromatic heterocycles. The number of nitrogens with zero attached hydrogens (tertiary/aromatic N) is 3. The number of carbonyl (C=O) groups excluding carboxylic acids is 1. The van der Waals surface area contributed by atoms with E-state index < -0.39 is 26.6 Å². The van der Waals surface area contributed by atoms with Crippen LogP contribution in [0.2, 0.25) is 0 Å². The third-order valence-electron chi connectivity index (χ3n) is 7.09. The lowest BCUT2D eigenvalue weighted by Crippen LogP contribution is -2.39. The molecule has 42 heavy (non-hydrogen) atoms. The second-order valence-electron chi connectivity index (χ2n) is 9.94. The van der Waals surface area contributed by atoms with Gasteiger partial charge in [-0.2, -0.15) is 0 Å². The number of anilines is 1. The number of pyridine rings is 2. The number of aliphatic hydroxyl groups is 1. The van der Waals surface area contributed by atoms with Crippen molar-refractivity contribution in [1.82, 2.24) is 14.9 Å². The summed E-state index contributed by atoms with van der Waals surface area (Å²) in [6, 6.07) is 10.9. The maximum absolute atomic E-state index is 14.3. The van der Waals surface area contributed by atoms with Crippen LogP contribution in [0.25, 0.3) is 27.6 Å². The molecule has 1 aliphatic rings. The number of hydrogen-bond acceptors (Lipinski definition) is 7. The van der Waals surface area contributed by atoms with Crippen LogP contribution in [-0.4, -0.2) is 60.6 Å². The number of aliphatic hydroxyl groups excluding tert-OH is 1. The fourth-order valence-electron chi connectivity index (χ4n) is 4.85. The number of halogens is 2. The monoisotopic (exact) mass is 594 g/mol. The molecule has 1 saturated heterocycles. The van der Waals surface area contributed by atoms with Gasteiger partial charge in [0.05, 0.1) is 18.7 Å². The zero-order valence-electron chi connectivity index (χ0n) is 22.8. The predicted octanol–water partition coefficient (Wildman–Crippen LogP) is 4.77. The summed E-state index contributed by atoms with van der Waals surface area (Å²) in [5.74, 6) is -2.32. The number of nitrogens with one attached hydrogen (secondary N) is 1. The van der Waals surface area contributed by atoms with E-state index in [1.165, 1.54) is 19.4 Å². The first kappa shape index (κ1) is 29.1. The largest absolute Gasteiger partial charge is 0.480 e. The SMILES string of the molecule is COc1ncc(-c2ccc3nccc(/C(C)=C/C(=O)N4CCC(O)CC4)c3c2)cc1NS(=O)(=O)c1ccc(F)cc1F. The van der Waals surface area contributed by atoms with Crippen molar-refractivity contribution in [2.24, 2.45) is 0 Å². The minimum Gasteiger partial charge on any atom is -0.480 e. The topological polar surface area (TPSA) is 122 Å². The molecule has 3 heterocycles. The molecule has 0 bridgehead atoms. The maximum atomic E-state index is 14.3. The second kappa shape index (κ2) is 11.8. The minimum atomic E-state index is -4.45. The summed E-state index contributed by atoms with van der Waals surface area (Å²) >= 11 is 0. The first-order chi connectivity index (χ1) is 20.1. The van der Waals surface area contributed by atoms with Gasteiger partial charge >= 0.3 is 0 Å². The van der Waals surface area contributed by atoms with Crippen LogP contribution in [0.15, 0.2) is 71.9 Å². The first-order valence-corrected chi connectivity index (χ1v) is 14.6. The zero-order valence-corrected chi connectivity index (χ0v) is 23.7. The Morgan fingerprint density at radius 2 is 1.83 bits per heavy atom. The standard InChI is InChI=1S/C30H28F2N4O5S/c1-18(13-29(38)36-11-8-22(37)9-12-36)23-7-10-33-26-5-3-19(14-24(23)26)20-15-27(30(41-2)34-17-20)35-42(39,40)28-6-4-21(31)16-25(28)32/h3-7,10,13-17,22,35,37H,8-9,11-12H2,1-2H3/b18-13+. The van der Waals surface area contributed by atoms with Crippen LogP contribution in [0.5, 0.6) is 5.88 Å². The quantitative estimate of drug-likeness (QED) is 0.296. The van der Waals surface area contributed by atoms with Crippen LogP contribution < -0.4 is 9.46 Å². The number of likely N-dealkylation sites (tertiary alicyclic amines) is 1. The molecule has 0 aliphatic carbocycles. The fourth-order valence-corrected chi connectivity index (χ4v) is 5.96. The van der Waals surface area contributed by atoms with Gasteiger partial charge in [0.1, 0.15) is 22.2 Å². The van der Waals surface area contributed by atoms with E-state index in [1.54, 1.807) is 29.3 Å². The summed E-state index contributed by atoms with van der Waals surface area (Å²) in [5.41, 5.74) is 3.36. The number of hydrogen-bond donors (Lipinski definition) is 2. The van der Waals surface area contributed by atoms with E-state index in [2.05, 4.69) is 14.7 Å². The summed E-state index contributed by atoms with van der Waals surface area (Å²) in [6.45, 7) is 2.83. The van der Waals surface area contributed by atoms with Gasteiger partial charge in [-0.1, -0.05) is 6.07 Å². The van der Waals surface area contributed by atoms with Gasteiger partial charge in [-0.15, -0.1) is 0 Å². The normalized spacial score (nSPS) is 14.7. The number of fused-ring (bicyclic) bond motifs is 1. The molecule has 1 aliphatic heterocycles. The summed E-state index contributed by atoms with van der Waals surface area (Å²) in [7, 11) is -3.13. The van der Waals surface area contributed by atoms with Crippen molar-refractivity contribution in [3.05, 3.63) is 84.2 Å². The zero-order chi connectivity index (χ0) is 30.0. The first-order valence-electron chi connectivity index (χ1n) is 13.1. The van der Waals surface area contributed by atoms with Crippen molar-refractivity contribution >= 4 is 38.1 Å². The molecule has 2 N–H and O–H groups in total. The maximum Gasteiger partial charge on any atom is 0.264 e. The Hall–Kier alpha value is -4.42. The average Bonchev–Trinajstić information content (AvgIpc) is 2.96. The van der Waals surface area contributed by atoms with E-state index in [9.17, 15) is 27.1 Å². The molecular formula is C30H28F2N4O5S. The average molecular weight is 595 g/mol. The molecule has 4 aromatic rings. The Balaban J connectivity index is 1.49. The van der Waals surface area contributed by atoms with Crippen LogP contribution in [-0.2, 0) is 14.8 Å². The molecule has 0 radical (unpaired) electrons. The van der Waals surface area contributed by atoms with E-state index in [4.69, 9.17) is 4.74 Å². The van der Waals surface area contributed by atoms with Crippen molar-refractivity contribution in [1.29, 1.82) is 0 Å². The van der Waals surface area contributed by atoms with Crippen molar-refractivity contribution in [3.8, 4) is 17.0 Å². The van der Waals surface area contributed by atoms with E-state index in [-0.39, 0.29) is 23.6 Å². The summed E-state index contributed by atoms with van der Waals surface area (Å²) < 4.78 is 61.0. The summed E-state index contributed by atoms with van der Waals surface area (Å²) in [6.07, 6.45) is 5.46. The van der Waals surface area contributed by atoms with Crippen LogP contribution in [0.3, 0.4) is 0 Å². The lowest BCUT2D eigenvalue weighted by Gasteiger charge is -2.28. The molecule has 5 rings (SSSR count). The molecule has 12 heteroatoms. The van der Waals surface area contributed by atoms with E-state index in [1.807, 2.05) is 19.1 Å². The van der Waals surface area contributed by atoms with Crippen LogP contribution in [0, 0.1) is 11.6 Å². The van der Waals surface area contributed by atoms with Crippen LogP contribution >= 0.6 is 0 Å². The van der Waals surface area contributed by atoms with E-state index >= 15 is 0 Å².